The minimum atomic E-state index is -0.459. The summed E-state index contributed by atoms with van der Waals surface area (Å²) in [4.78, 5) is 31.5. The van der Waals surface area contributed by atoms with E-state index >= 15 is 0 Å². The second kappa shape index (κ2) is 8.70. The van der Waals surface area contributed by atoms with Crippen molar-refractivity contribution >= 4 is 23.4 Å². The second-order valence-corrected chi connectivity index (χ2v) is 8.40. The highest BCUT2D eigenvalue weighted by atomic mass is 35.5. The molecule has 0 aliphatic carbocycles. The third kappa shape index (κ3) is 4.44. The Morgan fingerprint density at radius 3 is 2.39 bits per heavy atom. The highest BCUT2D eigenvalue weighted by Crippen LogP contribution is 2.31. The molecule has 3 heterocycles. The molecule has 0 spiro atoms. The summed E-state index contributed by atoms with van der Waals surface area (Å²) < 4.78 is 5.84. The number of hydrogen-bond acceptors (Lipinski definition) is 4. The SMILES string of the molecule is O=C(CN1CCN(C(=O)[C@@H]2Cc3cc(Cl)ccc3O2)CC1)N1CCCCCC1. The van der Waals surface area contributed by atoms with Gasteiger partial charge >= 0.3 is 0 Å². The fourth-order valence-corrected chi connectivity index (χ4v) is 4.49. The molecule has 0 saturated carbocycles. The van der Waals surface area contributed by atoms with E-state index in [4.69, 9.17) is 16.3 Å². The van der Waals surface area contributed by atoms with Gasteiger partial charge in [0.1, 0.15) is 5.75 Å². The summed E-state index contributed by atoms with van der Waals surface area (Å²) in [6, 6.07) is 5.49. The lowest BCUT2D eigenvalue weighted by Gasteiger charge is -2.36. The Bertz CT molecular complexity index is 726. The van der Waals surface area contributed by atoms with E-state index in [-0.39, 0.29) is 11.8 Å². The molecule has 152 valence electrons. The Morgan fingerprint density at radius 2 is 1.68 bits per heavy atom. The minimum absolute atomic E-state index is 0.0332. The van der Waals surface area contributed by atoms with Crippen molar-refractivity contribution in [3.63, 3.8) is 0 Å². The van der Waals surface area contributed by atoms with Crippen LogP contribution in [0.2, 0.25) is 5.02 Å². The number of halogens is 1. The van der Waals surface area contributed by atoms with Gasteiger partial charge in [-0.2, -0.15) is 0 Å². The van der Waals surface area contributed by atoms with E-state index in [1.54, 1.807) is 6.07 Å². The van der Waals surface area contributed by atoms with Gasteiger partial charge in [0.05, 0.1) is 6.54 Å². The van der Waals surface area contributed by atoms with Crippen LogP contribution in [0.3, 0.4) is 0 Å². The number of likely N-dealkylation sites (tertiary alicyclic amines) is 1. The number of amides is 2. The van der Waals surface area contributed by atoms with Crippen LogP contribution in [0, 0.1) is 0 Å². The largest absolute Gasteiger partial charge is 0.480 e. The van der Waals surface area contributed by atoms with Gasteiger partial charge < -0.3 is 14.5 Å². The first-order chi connectivity index (χ1) is 13.6. The minimum Gasteiger partial charge on any atom is -0.480 e. The molecule has 3 aliphatic heterocycles. The van der Waals surface area contributed by atoms with E-state index in [1.165, 1.54) is 12.8 Å². The molecule has 28 heavy (non-hydrogen) atoms. The summed E-state index contributed by atoms with van der Waals surface area (Å²) in [5, 5.41) is 0.665. The molecule has 1 atom stereocenters. The molecule has 2 amide bonds. The molecule has 1 aromatic carbocycles. The van der Waals surface area contributed by atoms with Crippen LogP contribution in [0.25, 0.3) is 0 Å². The summed E-state index contributed by atoms with van der Waals surface area (Å²) in [6.07, 6.45) is 4.79. The first kappa shape index (κ1) is 19.5. The second-order valence-electron chi connectivity index (χ2n) is 7.96. The molecule has 1 aromatic rings. The van der Waals surface area contributed by atoms with Crippen molar-refractivity contribution in [1.29, 1.82) is 0 Å². The summed E-state index contributed by atoms with van der Waals surface area (Å²) in [5.41, 5.74) is 0.993. The standard InChI is InChI=1S/C21H28ClN3O3/c22-17-5-6-18-16(13-17)14-19(28-18)21(27)25-11-9-23(10-12-25)15-20(26)24-7-3-1-2-4-8-24/h5-6,13,19H,1-4,7-12,14-15H2/t19-/m0/s1. The summed E-state index contributed by atoms with van der Waals surface area (Å²) in [6.45, 7) is 4.99. The van der Waals surface area contributed by atoms with Crippen LogP contribution in [0.15, 0.2) is 18.2 Å². The Hall–Kier alpha value is -1.79. The zero-order valence-electron chi connectivity index (χ0n) is 16.2. The molecule has 0 radical (unpaired) electrons. The molecule has 7 heteroatoms. The molecule has 0 N–H and O–H groups in total. The van der Waals surface area contributed by atoms with E-state index < -0.39 is 6.10 Å². The van der Waals surface area contributed by atoms with Crippen LogP contribution in [-0.4, -0.2) is 78.4 Å². The fourth-order valence-electron chi connectivity index (χ4n) is 4.30. The van der Waals surface area contributed by atoms with Crippen LogP contribution >= 0.6 is 11.6 Å². The van der Waals surface area contributed by atoms with Crippen LogP contribution < -0.4 is 4.74 Å². The lowest BCUT2D eigenvalue weighted by molar-refractivity contribution is -0.140. The number of rotatable bonds is 3. The third-order valence-corrected chi connectivity index (χ3v) is 6.21. The molecular weight excluding hydrogens is 378 g/mol. The van der Waals surface area contributed by atoms with Gasteiger partial charge in [-0.15, -0.1) is 0 Å². The van der Waals surface area contributed by atoms with E-state index in [2.05, 4.69) is 4.90 Å². The van der Waals surface area contributed by atoms with Crippen LogP contribution in [0.5, 0.6) is 5.75 Å². The molecule has 2 saturated heterocycles. The fraction of sp³-hybridized carbons (Fsp3) is 0.619. The Balaban J connectivity index is 1.25. The Kier molecular flexibility index (Phi) is 6.07. The van der Waals surface area contributed by atoms with Crippen molar-refractivity contribution in [2.24, 2.45) is 0 Å². The maximum Gasteiger partial charge on any atom is 0.264 e. The predicted octanol–water partition coefficient (Wildman–Crippen LogP) is 2.19. The first-order valence-corrected chi connectivity index (χ1v) is 10.7. The number of fused-ring (bicyclic) bond motifs is 1. The number of piperazine rings is 1. The first-order valence-electron chi connectivity index (χ1n) is 10.3. The monoisotopic (exact) mass is 405 g/mol. The van der Waals surface area contributed by atoms with Gasteiger partial charge in [-0.05, 0) is 36.6 Å². The highest BCUT2D eigenvalue weighted by molar-refractivity contribution is 6.30. The maximum absolute atomic E-state index is 12.8. The van der Waals surface area contributed by atoms with Gasteiger partial charge in [0, 0.05) is 50.7 Å². The van der Waals surface area contributed by atoms with Gasteiger partial charge in [-0.25, -0.2) is 0 Å². The van der Waals surface area contributed by atoms with E-state index in [1.807, 2.05) is 21.9 Å². The predicted molar refractivity (Wildman–Crippen MR) is 108 cm³/mol. The average Bonchev–Trinajstić information content (AvgIpc) is 2.92. The topological polar surface area (TPSA) is 53.1 Å². The molecule has 0 bridgehead atoms. The van der Waals surface area contributed by atoms with E-state index in [0.29, 0.717) is 31.1 Å². The van der Waals surface area contributed by atoms with Crippen molar-refractivity contribution < 1.29 is 14.3 Å². The number of carbonyl (C=O) groups is 2. The summed E-state index contributed by atoms with van der Waals surface area (Å²) in [5.74, 6) is 1.02. The third-order valence-electron chi connectivity index (χ3n) is 5.97. The Labute approximate surface area is 171 Å². The smallest absolute Gasteiger partial charge is 0.264 e. The quantitative estimate of drug-likeness (QED) is 0.773. The van der Waals surface area contributed by atoms with Crippen molar-refractivity contribution in [3.05, 3.63) is 28.8 Å². The Morgan fingerprint density at radius 1 is 0.964 bits per heavy atom. The van der Waals surface area contributed by atoms with Crippen LogP contribution in [0.1, 0.15) is 31.2 Å². The zero-order chi connectivity index (χ0) is 19.5. The van der Waals surface area contributed by atoms with Crippen LogP contribution in [-0.2, 0) is 16.0 Å². The van der Waals surface area contributed by atoms with Gasteiger partial charge in [-0.3, -0.25) is 14.5 Å². The van der Waals surface area contributed by atoms with E-state index in [0.717, 1.165) is 50.3 Å². The summed E-state index contributed by atoms with van der Waals surface area (Å²) in [7, 11) is 0. The van der Waals surface area contributed by atoms with Crippen molar-refractivity contribution in [2.75, 3.05) is 45.8 Å². The van der Waals surface area contributed by atoms with Crippen LogP contribution in [0.4, 0.5) is 0 Å². The van der Waals surface area contributed by atoms with Gasteiger partial charge in [0.2, 0.25) is 5.91 Å². The number of hydrogen-bond donors (Lipinski definition) is 0. The molecule has 6 nitrogen and oxygen atoms in total. The number of nitrogens with zero attached hydrogens (tertiary/aromatic N) is 3. The molecular formula is C21H28ClN3O3. The lowest BCUT2D eigenvalue weighted by Crippen LogP contribution is -2.54. The molecule has 0 aromatic heterocycles. The summed E-state index contributed by atoms with van der Waals surface area (Å²) >= 11 is 6.03. The maximum atomic E-state index is 12.8. The zero-order valence-corrected chi connectivity index (χ0v) is 17.0. The van der Waals surface area contributed by atoms with Crippen molar-refractivity contribution in [1.82, 2.24) is 14.7 Å². The average molecular weight is 406 g/mol. The van der Waals surface area contributed by atoms with Gasteiger partial charge in [-0.1, -0.05) is 24.4 Å². The number of benzene rings is 1. The molecule has 3 aliphatic rings. The van der Waals surface area contributed by atoms with Gasteiger partial charge in [0.25, 0.3) is 5.91 Å². The van der Waals surface area contributed by atoms with Crippen molar-refractivity contribution in [2.45, 2.75) is 38.2 Å². The van der Waals surface area contributed by atoms with E-state index in [9.17, 15) is 9.59 Å². The number of carbonyl (C=O) groups excluding carboxylic acids is 2. The highest BCUT2D eigenvalue weighted by Gasteiger charge is 2.34. The van der Waals surface area contributed by atoms with Gasteiger partial charge in [0.15, 0.2) is 6.10 Å². The molecule has 4 rings (SSSR count). The lowest BCUT2D eigenvalue weighted by atomic mass is 10.1. The molecule has 2 fully saturated rings. The molecule has 0 unspecified atom stereocenters. The normalized spacial score (nSPS) is 23.1. The van der Waals surface area contributed by atoms with Crippen molar-refractivity contribution in [3.8, 4) is 5.75 Å². The number of ether oxygens (including phenoxy) is 1.